The molecule has 1 aliphatic rings. The number of ether oxygens (including phenoxy) is 2. The van der Waals surface area contributed by atoms with Crippen molar-refractivity contribution >= 4 is 32.9 Å². The first-order valence-electron chi connectivity index (χ1n) is 9.17. The number of anilines is 1. The number of halogens is 1. The van der Waals surface area contributed by atoms with Crippen molar-refractivity contribution in [3.05, 3.63) is 44.8 Å². The Balaban J connectivity index is 1.66. The van der Waals surface area contributed by atoms with Gasteiger partial charge in [-0.05, 0) is 37.1 Å². The summed E-state index contributed by atoms with van der Waals surface area (Å²) < 4.78 is 13.7. The summed E-state index contributed by atoms with van der Waals surface area (Å²) in [6.07, 6.45) is 2.59. The molecule has 28 heavy (non-hydrogen) atoms. The van der Waals surface area contributed by atoms with Crippen LogP contribution < -0.4 is 10.5 Å². The third-order valence-corrected chi connectivity index (χ3v) is 5.36. The molecule has 8 nitrogen and oxygen atoms in total. The van der Waals surface area contributed by atoms with Crippen LogP contribution in [0, 0.1) is 6.92 Å². The Hall–Kier alpha value is -2.23. The summed E-state index contributed by atoms with van der Waals surface area (Å²) >= 11 is 3.47. The minimum Gasteiger partial charge on any atom is -0.382 e. The minimum absolute atomic E-state index is 0.0602. The zero-order valence-corrected chi connectivity index (χ0v) is 17.4. The molecule has 0 bridgehead atoms. The molecule has 0 aliphatic carbocycles. The van der Waals surface area contributed by atoms with Gasteiger partial charge < -0.3 is 14.4 Å². The fourth-order valence-electron chi connectivity index (χ4n) is 3.41. The maximum absolute atomic E-state index is 12.6. The second-order valence-corrected chi connectivity index (χ2v) is 7.77. The van der Waals surface area contributed by atoms with E-state index in [4.69, 9.17) is 9.47 Å². The largest absolute Gasteiger partial charge is 0.382 e. The summed E-state index contributed by atoms with van der Waals surface area (Å²) in [6, 6.07) is 5.92. The molecule has 0 spiro atoms. The predicted molar refractivity (Wildman–Crippen MR) is 110 cm³/mol. The topological polar surface area (TPSA) is 85.3 Å². The first kappa shape index (κ1) is 19.1. The molecule has 1 fully saturated rings. The second-order valence-electron chi connectivity index (χ2n) is 6.86. The quantitative estimate of drug-likeness (QED) is 0.660. The highest BCUT2D eigenvalue weighted by Crippen LogP contribution is 2.21. The highest BCUT2D eigenvalue weighted by Gasteiger charge is 2.20. The Morgan fingerprint density at radius 3 is 3.04 bits per heavy atom. The second kappa shape index (κ2) is 8.02. The summed E-state index contributed by atoms with van der Waals surface area (Å²) in [5, 5.41) is 5.02. The SMILES string of the molecule is COC[C@@H]1CCN(c2nc3nn(-c4ccc(Br)cc4C)cc3c(=O)[nH]2)CCO1. The van der Waals surface area contributed by atoms with Crippen molar-refractivity contribution in [1.29, 1.82) is 0 Å². The van der Waals surface area contributed by atoms with Crippen molar-refractivity contribution < 1.29 is 9.47 Å². The van der Waals surface area contributed by atoms with E-state index >= 15 is 0 Å². The molecular weight excluding hydrogens is 426 g/mol. The summed E-state index contributed by atoms with van der Waals surface area (Å²) in [5.41, 5.74) is 2.19. The molecule has 4 rings (SSSR count). The van der Waals surface area contributed by atoms with Crippen LogP contribution in [0.15, 0.2) is 33.7 Å². The highest BCUT2D eigenvalue weighted by molar-refractivity contribution is 9.10. The Labute approximate surface area is 170 Å². The van der Waals surface area contributed by atoms with Gasteiger partial charge >= 0.3 is 0 Å². The fraction of sp³-hybridized carbons (Fsp3) is 0.421. The lowest BCUT2D eigenvalue weighted by atomic mass is 10.2. The maximum atomic E-state index is 12.6. The van der Waals surface area contributed by atoms with Crippen molar-refractivity contribution in [2.75, 3.05) is 38.3 Å². The lowest BCUT2D eigenvalue weighted by Gasteiger charge is -2.19. The van der Waals surface area contributed by atoms with Crippen LogP contribution in [0.4, 0.5) is 5.95 Å². The van der Waals surface area contributed by atoms with Crippen LogP contribution in [-0.2, 0) is 9.47 Å². The molecule has 0 saturated carbocycles. The van der Waals surface area contributed by atoms with E-state index in [0.717, 1.165) is 28.7 Å². The zero-order valence-electron chi connectivity index (χ0n) is 15.8. The number of nitrogens with zero attached hydrogens (tertiary/aromatic N) is 4. The molecule has 1 aliphatic heterocycles. The average Bonchev–Trinajstić information content (AvgIpc) is 2.94. The van der Waals surface area contributed by atoms with Gasteiger partial charge in [0.15, 0.2) is 5.65 Å². The highest BCUT2D eigenvalue weighted by atomic mass is 79.9. The number of aromatic nitrogens is 4. The number of H-pyrrole nitrogens is 1. The van der Waals surface area contributed by atoms with Crippen LogP contribution in [0.3, 0.4) is 0 Å². The molecule has 1 aromatic carbocycles. The number of benzene rings is 1. The Morgan fingerprint density at radius 1 is 1.39 bits per heavy atom. The number of nitrogens with one attached hydrogen (secondary N) is 1. The smallest absolute Gasteiger partial charge is 0.263 e. The standard InChI is InChI=1S/C19H22BrN5O3/c1-12-9-13(20)3-4-16(12)25-10-15-17(23-25)21-19(22-18(15)26)24-6-5-14(11-27-2)28-8-7-24/h3-4,9-10,14H,5-8,11H2,1-2H3,(H,21,22,23,26)/t14-/m0/s1. The molecule has 3 heterocycles. The fourth-order valence-corrected chi connectivity index (χ4v) is 3.88. The molecule has 1 saturated heterocycles. The molecule has 1 atom stereocenters. The molecule has 0 radical (unpaired) electrons. The Morgan fingerprint density at radius 2 is 2.25 bits per heavy atom. The van der Waals surface area contributed by atoms with Crippen LogP contribution in [0.25, 0.3) is 16.7 Å². The summed E-state index contributed by atoms with van der Waals surface area (Å²) in [5.74, 6) is 0.525. The van der Waals surface area contributed by atoms with Gasteiger partial charge in [0, 0.05) is 30.9 Å². The van der Waals surface area contributed by atoms with E-state index in [1.807, 2.05) is 30.0 Å². The van der Waals surface area contributed by atoms with Crippen molar-refractivity contribution in [3.8, 4) is 5.69 Å². The lowest BCUT2D eigenvalue weighted by molar-refractivity contribution is 0.00604. The molecule has 0 unspecified atom stereocenters. The van der Waals surface area contributed by atoms with Crippen LogP contribution in [-0.4, -0.2) is 59.3 Å². The number of aryl methyl sites for hydroxylation is 1. The minimum atomic E-state index is -0.195. The van der Waals surface area contributed by atoms with Gasteiger partial charge in [0.05, 0.1) is 25.0 Å². The van der Waals surface area contributed by atoms with E-state index in [9.17, 15) is 4.79 Å². The molecule has 148 valence electrons. The molecule has 9 heteroatoms. The third-order valence-electron chi connectivity index (χ3n) is 4.87. The van der Waals surface area contributed by atoms with E-state index in [1.54, 1.807) is 18.0 Å². The number of hydrogen-bond donors (Lipinski definition) is 1. The molecule has 0 amide bonds. The van der Waals surface area contributed by atoms with Crippen molar-refractivity contribution in [2.45, 2.75) is 19.4 Å². The molecule has 1 N–H and O–H groups in total. The van der Waals surface area contributed by atoms with Gasteiger partial charge in [-0.15, -0.1) is 5.10 Å². The monoisotopic (exact) mass is 447 g/mol. The van der Waals surface area contributed by atoms with Crippen molar-refractivity contribution in [3.63, 3.8) is 0 Å². The van der Waals surface area contributed by atoms with E-state index in [1.165, 1.54) is 0 Å². The van der Waals surface area contributed by atoms with Crippen LogP contribution in [0.5, 0.6) is 0 Å². The van der Waals surface area contributed by atoms with Crippen LogP contribution in [0.1, 0.15) is 12.0 Å². The van der Waals surface area contributed by atoms with Gasteiger partial charge in [-0.2, -0.15) is 4.98 Å². The van der Waals surface area contributed by atoms with Gasteiger partial charge in [0.1, 0.15) is 5.39 Å². The van der Waals surface area contributed by atoms with E-state index in [2.05, 4.69) is 31.0 Å². The first-order valence-corrected chi connectivity index (χ1v) is 9.96. The number of hydrogen-bond acceptors (Lipinski definition) is 6. The Kier molecular flexibility index (Phi) is 5.47. The van der Waals surface area contributed by atoms with Gasteiger partial charge in [0.2, 0.25) is 5.95 Å². The van der Waals surface area contributed by atoms with Crippen LogP contribution >= 0.6 is 15.9 Å². The lowest BCUT2D eigenvalue weighted by Crippen LogP contribution is -2.30. The normalized spacial score (nSPS) is 17.8. The first-order chi connectivity index (χ1) is 13.5. The predicted octanol–water partition coefficient (Wildman–Crippen LogP) is 2.42. The third kappa shape index (κ3) is 3.82. The van der Waals surface area contributed by atoms with Gasteiger partial charge in [-0.3, -0.25) is 9.78 Å². The summed E-state index contributed by atoms with van der Waals surface area (Å²) in [7, 11) is 1.67. The van der Waals surface area contributed by atoms with Gasteiger partial charge in [-0.25, -0.2) is 4.68 Å². The van der Waals surface area contributed by atoms with Gasteiger partial charge in [-0.1, -0.05) is 15.9 Å². The summed E-state index contributed by atoms with van der Waals surface area (Å²) in [4.78, 5) is 22.2. The zero-order chi connectivity index (χ0) is 19.7. The van der Waals surface area contributed by atoms with E-state index < -0.39 is 0 Å². The summed E-state index contributed by atoms with van der Waals surface area (Å²) in [6.45, 7) is 4.51. The number of aromatic amines is 1. The van der Waals surface area contributed by atoms with Crippen molar-refractivity contribution in [2.24, 2.45) is 0 Å². The van der Waals surface area contributed by atoms with Crippen molar-refractivity contribution in [1.82, 2.24) is 19.7 Å². The maximum Gasteiger partial charge on any atom is 0.263 e. The van der Waals surface area contributed by atoms with Gasteiger partial charge in [0.25, 0.3) is 5.56 Å². The number of fused-ring (bicyclic) bond motifs is 1. The average molecular weight is 448 g/mol. The van der Waals surface area contributed by atoms with E-state index in [-0.39, 0.29) is 11.7 Å². The molecular formula is C19H22BrN5O3. The number of methoxy groups -OCH3 is 1. The van der Waals surface area contributed by atoms with Crippen LogP contribution in [0.2, 0.25) is 0 Å². The van der Waals surface area contributed by atoms with E-state index in [0.29, 0.717) is 36.7 Å². The number of rotatable bonds is 4. The molecule has 2 aromatic heterocycles. The Bertz CT molecular complexity index is 1050. The molecule has 3 aromatic rings.